The molecule has 0 saturated heterocycles. The van der Waals surface area contributed by atoms with Crippen molar-refractivity contribution in [2.45, 2.75) is 4.90 Å². The summed E-state index contributed by atoms with van der Waals surface area (Å²) in [6, 6.07) is 30.8. The summed E-state index contributed by atoms with van der Waals surface area (Å²) in [4.78, 5) is 10.7. The van der Waals surface area contributed by atoms with Gasteiger partial charge in [0.2, 0.25) is 0 Å². The van der Waals surface area contributed by atoms with Crippen LogP contribution >= 0.6 is 11.6 Å². The topological polar surface area (TPSA) is 136 Å². The molecule has 0 aliphatic rings. The minimum absolute atomic E-state index is 0.193. The lowest BCUT2D eigenvalue weighted by Crippen LogP contribution is -2.04. The first-order chi connectivity index (χ1) is 18.6. The third kappa shape index (κ3) is 6.85. The summed E-state index contributed by atoms with van der Waals surface area (Å²) >= 11 is 5.85. The fraction of sp³-hybridized carbons (Fsp3) is 0. The summed E-state index contributed by atoms with van der Waals surface area (Å²) in [5, 5.41) is 26.6. The van der Waals surface area contributed by atoms with Gasteiger partial charge in [0.25, 0.3) is 10.1 Å². The summed E-state index contributed by atoms with van der Waals surface area (Å²) < 4.78 is 32.7. The largest absolute Gasteiger partial charge is 0.507 e. The molecule has 0 heterocycles. The number of phenols is 1. The number of carbonyl (C=O) groups is 1. The molecule has 198 valence electrons. The average molecular weight is 563 g/mol. The summed E-state index contributed by atoms with van der Waals surface area (Å²) in [5.74, 6) is -1.19. The van der Waals surface area contributed by atoms with Gasteiger partial charge in [-0.3, -0.25) is 4.55 Å². The number of carboxylic acid groups (broad SMARTS) is 1. The molecule has 8 nitrogen and oxygen atoms in total. The minimum atomic E-state index is -4.49. The number of aromatic hydroxyl groups is 1. The second-order valence-corrected chi connectivity index (χ2v) is 10.1. The first-order valence-electron chi connectivity index (χ1n) is 11.5. The van der Waals surface area contributed by atoms with E-state index in [1.807, 2.05) is 36.4 Å². The molecule has 0 atom stereocenters. The normalized spacial score (nSPS) is 10.8. The number of fused-ring (bicyclic) bond motifs is 1. The molecule has 5 N–H and O–H groups in total. The van der Waals surface area contributed by atoms with Crippen molar-refractivity contribution in [1.82, 2.24) is 0 Å². The fourth-order valence-electron chi connectivity index (χ4n) is 3.81. The Balaban J connectivity index is 0.000000187. The third-order valence-corrected chi connectivity index (χ3v) is 6.69. The lowest BCUT2D eigenvalue weighted by atomic mass is 10.1. The lowest BCUT2D eigenvalue weighted by molar-refractivity contribution is 0.0698. The van der Waals surface area contributed by atoms with Crippen molar-refractivity contribution >= 4 is 61.2 Å². The van der Waals surface area contributed by atoms with E-state index in [0.717, 1.165) is 11.8 Å². The van der Waals surface area contributed by atoms with Crippen molar-refractivity contribution in [1.29, 1.82) is 0 Å². The number of carboxylic acids is 1. The van der Waals surface area contributed by atoms with Crippen molar-refractivity contribution in [3.63, 3.8) is 0 Å². The highest BCUT2D eigenvalue weighted by Gasteiger charge is 2.21. The molecule has 10 heteroatoms. The van der Waals surface area contributed by atoms with Gasteiger partial charge in [0, 0.05) is 33.2 Å². The van der Waals surface area contributed by atoms with E-state index in [1.165, 1.54) is 6.07 Å². The quantitative estimate of drug-likeness (QED) is 0.107. The van der Waals surface area contributed by atoms with Crippen LogP contribution in [0.4, 0.5) is 22.7 Å². The molecule has 0 amide bonds. The summed E-state index contributed by atoms with van der Waals surface area (Å²) in [7, 11) is -4.49. The van der Waals surface area contributed by atoms with Crippen LogP contribution in [0.3, 0.4) is 0 Å². The van der Waals surface area contributed by atoms with Gasteiger partial charge in [-0.05, 0) is 42.5 Å². The maximum atomic E-state index is 11.6. The van der Waals surface area contributed by atoms with Gasteiger partial charge < -0.3 is 20.8 Å². The van der Waals surface area contributed by atoms with Gasteiger partial charge in [0.1, 0.15) is 10.6 Å². The Labute approximate surface area is 229 Å². The Bertz CT molecular complexity index is 1730. The molecule has 0 fully saturated rings. The zero-order valence-corrected chi connectivity index (χ0v) is 21.8. The Kier molecular flexibility index (Phi) is 8.36. The molecule has 5 aromatic carbocycles. The number of hydrogen-bond donors (Lipinski definition) is 5. The van der Waals surface area contributed by atoms with Crippen molar-refractivity contribution in [3.8, 4) is 5.75 Å². The zero-order chi connectivity index (χ0) is 28.0. The van der Waals surface area contributed by atoms with Crippen molar-refractivity contribution < 1.29 is 28.0 Å². The van der Waals surface area contributed by atoms with Crippen LogP contribution < -0.4 is 10.6 Å². The third-order valence-electron chi connectivity index (χ3n) is 5.57. The highest BCUT2D eigenvalue weighted by atomic mass is 35.5. The van der Waals surface area contributed by atoms with Crippen molar-refractivity contribution in [3.05, 3.63) is 120 Å². The van der Waals surface area contributed by atoms with Crippen molar-refractivity contribution in [2.24, 2.45) is 0 Å². The van der Waals surface area contributed by atoms with Crippen LogP contribution in [0.15, 0.2) is 114 Å². The first-order valence-corrected chi connectivity index (χ1v) is 13.3. The first kappa shape index (κ1) is 27.5. The van der Waals surface area contributed by atoms with Gasteiger partial charge in [-0.15, -0.1) is 0 Å². The molecular formula is C29H23ClN2O6S. The number of aromatic carboxylic acids is 1. The predicted octanol–water partition coefficient (Wildman–Crippen LogP) is 7.32. The summed E-state index contributed by atoms with van der Waals surface area (Å²) in [6.45, 7) is 0. The van der Waals surface area contributed by atoms with Crippen LogP contribution in [0.5, 0.6) is 5.75 Å². The molecule has 0 aromatic heterocycles. The fourth-order valence-corrected chi connectivity index (χ4v) is 4.66. The Morgan fingerprint density at radius 2 is 1.26 bits per heavy atom. The van der Waals surface area contributed by atoms with Crippen molar-refractivity contribution in [2.75, 3.05) is 10.6 Å². The molecule has 5 aromatic rings. The molecule has 39 heavy (non-hydrogen) atoms. The molecule has 0 unspecified atom stereocenters. The van der Waals surface area contributed by atoms with E-state index in [0.29, 0.717) is 27.2 Å². The van der Waals surface area contributed by atoms with Crippen LogP contribution in [0.2, 0.25) is 5.02 Å². The van der Waals surface area contributed by atoms with Crippen LogP contribution in [-0.2, 0) is 10.1 Å². The van der Waals surface area contributed by atoms with Crippen LogP contribution in [0, 0.1) is 0 Å². The maximum Gasteiger partial charge on any atom is 0.337 e. The van der Waals surface area contributed by atoms with Crippen LogP contribution in [0.25, 0.3) is 10.8 Å². The highest BCUT2D eigenvalue weighted by Crippen LogP contribution is 2.38. The molecule has 0 spiro atoms. The molecule has 0 bridgehead atoms. The van der Waals surface area contributed by atoms with E-state index in [1.54, 1.807) is 60.7 Å². The number of nitrogens with one attached hydrogen (secondary N) is 2. The van der Waals surface area contributed by atoms with Gasteiger partial charge in [-0.1, -0.05) is 72.3 Å². The Hall–Kier alpha value is -4.57. The number of para-hydroxylation sites is 2. The van der Waals surface area contributed by atoms with Gasteiger partial charge >= 0.3 is 5.97 Å². The Morgan fingerprint density at radius 1 is 0.718 bits per heavy atom. The minimum Gasteiger partial charge on any atom is -0.507 e. The zero-order valence-electron chi connectivity index (χ0n) is 20.2. The maximum absolute atomic E-state index is 11.6. The van der Waals surface area contributed by atoms with E-state index in [2.05, 4.69) is 10.6 Å². The van der Waals surface area contributed by atoms with Gasteiger partial charge in [0.15, 0.2) is 0 Å². The predicted molar refractivity (Wildman–Crippen MR) is 153 cm³/mol. The number of rotatable bonds is 6. The Morgan fingerprint density at radius 3 is 1.82 bits per heavy atom. The van der Waals surface area contributed by atoms with Crippen LogP contribution in [-0.4, -0.2) is 29.2 Å². The van der Waals surface area contributed by atoms with Gasteiger partial charge in [-0.25, -0.2) is 4.79 Å². The molecule has 0 saturated carbocycles. The standard InChI is InChI=1S/C16H13NO4S.C13H10ClNO2/c18-14-10-15(22(19,20)21)16(13-9-5-4-8-12(13)14)17-11-6-2-1-3-7-11;14-9-6-7-11(13(16)17)12(8-9)15-10-4-2-1-3-5-10/h1-10,17-18H,(H,19,20,21);1-8,15H,(H,16,17). The molecule has 0 aliphatic heterocycles. The number of halogens is 1. The van der Waals surface area contributed by atoms with Crippen LogP contribution in [0.1, 0.15) is 10.4 Å². The number of benzene rings is 5. The highest BCUT2D eigenvalue weighted by molar-refractivity contribution is 7.86. The molecule has 0 radical (unpaired) electrons. The van der Waals surface area contributed by atoms with E-state index >= 15 is 0 Å². The van der Waals surface area contributed by atoms with E-state index in [4.69, 9.17) is 16.7 Å². The molecule has 5 rings (SSSR count). The lowest BCUT2D eigenvalue weighted by Gasteiger charge is -2.14. The smallest absolute Gasteiger partial charge is 0.337 e. The van der Waals surface area contributed by atoms with E-state index < -0.39 is 16.1 Å². The number of phenolic OH excluding ortho intramolecular Hbond substituents is 1. The number of hydrogen-bond acceptors (Lipinski definition) is 6. The molecule has 0 aliphatic carbocycles. The average Bonchev–Trinajstić information content (AvgIpc) is 2.91. The summed E-state index contributed by atoms with van der Waals surface area (Å²) in [6.07, 6.45) is 0. The summed E-state index contributed by atoms with van der Waals surface area (Å²) in [5.41, 5.74) is 2.39. The molecular weight excluding hydrogens is 540 g/mol. The van der Waals surface area contributed by atoms with E-state index in [9.17, 15) is 22.9 Å². The number of anilines is 4. The second kappa shape index (κ2) is 11.9. The monoisotopic (exact) mass is 562 g/mol. The van der Waals surface area contributed by atoms with Gasteiger partial charge in [-0.2, -0.15) is 8.42 Å². The van der Waals surface area contributed by atoms with E-state index in [-0.39, 0.29) is 21.9 Å². The second-order valence-electron chi connectivity index (χ2n) is 8.27. The van der Waals surface area contributed by atoms with Gasteiger partial charge in [0.05, 0.1) is 16.9 Å². The SMILES string of the molecule is O=C(O)c1ccc(Cl)cc1Nc1ccccc1.O=S(=O)(O)c1cc(O)c2ccccc2c1Nc1ccccc1.